The zero-order valence-electron chi connectivity index (χ0n) is 29.7. The Morgan fingerprint density at radius 3 is 2.02 bits per heavy atom. The van der Waals surface area contributed by atoms with E-state index in [4.69, 9.17) is 16.3 Å². The number of amidine groups is 1. The number of hydrogen-bond donors (Lipinski definition) is 3. The maximum atomic E-state index is 16.3. The number of quaternary nitrogens is 1. The van der Waals surface area contributed by atoms with Crippen LogP contribution in [-0.2, 0) is 39.9 Å². The highest BCUT2D eigenvalue weighted by Gasteiger charge is 2.58. The zero-order valence-corrected chi connectivity index (χ0v) is 30.5. The Morgan fingerprint density at radius 2 is 1.37 bits per heavy atom. The number of primary sulfonamides is 1. The van der Waals surface area contributed by atoms with E-state index >= 15 is 4.79 Å². The van der Waals surface area contributed by atoms with Crippen LogP contribution >= 0.6 is 0 Å². The molecule has 54 heavy (non-hydrogen) atoms. The summed E-state index contributed by atoms with van der Waals surface area (Å²) in [5.74, 6) is -0.713. The molecule has 6 aromatic rings. The quantitative estimate of drug-likeness (QED) is 0.0766. The third-order valence-corrected chi connectivity index (χ3v) is 11.3. The van der Waals surface area contributed by atoms with Gasteiger partial charge in [-0.3, -0.25) is 10.2 Å². The highest BCUT2D eigenvalue weighted by molar-refractivity contribution is 7.89. The maximum absolute atomic E-state index is 16.3. The summed E-state index contributed by atoms with van der Waals surface area (Å²) in [5, 5.41) is 13.8. The van der Waals surface area contributed by atoms with Gasteiger partial charge in [0.1, 0.15) is 18.1 Å². The van der Waals surface area contributed by atoms with Crippen molar-refractivity contribution in [2.24, 2.45) is 10.9 Å². The van der Waals surface area contributed by atoms with Gasteiger partial charge in [0.2, 0.25) is 10.0 Å². The molecule has 0 spiro atoms. The van der Waals surface area contributed by atoms with Crippen molar-refractivity contribution in [2.45, 2.75) is 29.9 Å². The molecule has 10 heteroatoms. The third-order valence-electron chi connectivity index (χ3n) is 10.3. The molecule has 0 bridgehead atoms. The summed E-state index contributed by atoms with van der Waals surface area (Å²) in [6.45, 7) is 0.319. The number of nitrogens with two attached hydrogens (primary N) is 2. The number of nitrogen functional groups attached to an aromatic ring is 1. The lowest BCUT2D eigenvalue weighted by Crippen LogP contribution is -2.65. The van der Waals surface area contributed by atoms with Crippen LogP contribution in [0.3, 0.4) is 0 Å². The van der Waals surface area contributed by atoms with Gasteiger partial charge >= 0.3 is 5.91 Å². The van der Waals surface area contributed by atoms with Crippen molar-refractivity contribution in [3.8, 4) is 11.1 Å². The molecule has 1 heterocycles. The zero-order chi connectivity index (χ0) is 38.1. The van der Waals surface area contributed by atoms with E-state index in [-0.39, 0.29) is 46.5 Å². The first-order chi connectivity index (χ1) is 25.9. The van der Waals surface area contributed by atoms with Crippen LogP contribution in [0.25, 0.3) is 11.1 Å². The summed E-state index contributed by atoms with van der Waals surface area (Å²) in [5.41, 5.74) is 9.97. The summed E-state index contributed by atoms with van der Waals surface area (Å²) in [4.78, 5) is 32.9. The second kappa shape index (κ2) is 14.3. The van der Waals surface area contributed by atoms with Crippen molar-refractivity contribution < 1.29 is 18.0 Å². The first-order valence-electron chi connectivity index (χ1n) is 17.5. The molecule has 0 aromatic heterocycles. The standard InChI is InChI=1S/C44H40N5O4S/c1-49(30-32-16-7-3-8-17-32,37-21-13-18-34(27-37)41(45)46)43(51)44(36-19-9-4-10-20-36,28-31-14-5-2-6-15-31)48-29-35-26-33(24-25-39(35)42(48)50)38-22-11-12-23-40(38)54(47,52)53/h2-27H,28-30H2,1H3,(H3,45,46)(H2,47,52,53)/q+1. The monoisotopic (exact) mass is 734 g/mol. The van der Waals surface area contributed by atoms with E-state index in [9.17, 15) is 13.2 Å². The minimum Gasteiger partial charge on any atom is -0.384 e. The number of carbonyl (C=O) groups excluding carboxylic acids is 2. The highest BCUT2D eigenvalue weighted by Crippen LogP contribution is 2.44. The van der Waals surface area contributed by atoms with Crippen molar-refractivity contribution in [2.75, 3.05) is 7.05 Å². The average molecular weight is 735 g/mol. The molecule has 7 rings (SSSR count). The predicted molar refractivity (Wildman–Crippen MR) is 212 cm³/mol. The van der Waals surface area contributed by atoms with Gasteiger partial charge in [-0.05, 0) is 46.5 Å². The van der Waals surface area contributed by atoms with E-state index in [1.54, 1.807) is 53.4 Å². The Kier molecular flexibility index (Phi) is 9.59. The normalized spacial score (nSPS) is 14.9. The average Bonchev–Trinajstić information content (AvgIpc) is 3.52. The largest absolute Gasteiger partial charge is 0.384 e. The molecule has 0 saturated carbocycles. The number of carbonyl (C=O) groups is 2. The van der Waals surface area contributed by atoms with Crippen molar-refractivity contribution in [3.05, 3.63) is 191 Å². The van der Waals surface area contributed by atoms with Crippen LogP contribution in [0.15, 0.2) is 163 Å². The third kappa shape index (κ3) is 6.62. The Hall–Kier alpha value is -6.20. The number of nitrogens with one attached hydrogen (secondary N) is 1. The molecule has 1 aliphatic rings. The fraction of sp³-hybridized carbons (Fsp3) is 0.114. The first-order valence-corrected chi connectivity index (χ1v) is 19.0. The second-order valence-electron chi connectivity index (χ2n) is 13.8. The molecule has 0 saturated heterocycles. The number of rotatable bonds is 11. The molecular formula is C44H40N5O4S+. The molecule has 2 atom stereocenters. The van der Waals surface area contributed by atoms with Gasteiger partial charge in [0, 0.05) is 41.3 Å². The lowest BCUT2D eigenvalue weighted by molar-refractivity contribution is -0.142. The number of fused-ring (bicyclic) bond motifs is 1. The van der Waals surface area contributed by atoms with Gasteiger partial charge < -0.3 is 10.6 Å². The van der Waals surface area contributed by atoms with E-state index in [0.29, 0.717) is 39.1 Å². The molecule has 1 aliphatic heterocycles. The molecule has 9 nitrogen and oxygen atoms in total. The van der Waals surface area contributed by atoms with Gasteiger partial charge in [0.05, 0.1) is 11.9 Å². The minimum atomic E-state index is -4.04. The number of nitrogens with zero attached hydrogens (tertiary/aromatic N) is 2. The van der Waals surface area contributed by atoms with Crippen LogP contribution in [0.2, 0.25) is 0 Å². The fourth-order valence-electron chi connectivity index (χ4n) is 7.64. The van der Waals surface area contributed by atoms with Gasteiger partial charge in [-0.2, -0.15) is 0 Å². The minimum absolute atomic E-state index is 0.0224. The van der Waals surface area contributed by atoms with Crippen LogP contribution in [0.4, 0.5) is 5.69 Å². The van der Waals surface area contributed by atoms with Crippen molar-refractivity contribution in [3.63, 3.8) is 0 Å². The molecular weight excluding hydrogens is 695 g/mol. The summed E-state index contributed by atoms with van der Waals surface area (Å²) in [6, 6.07) is 47.7. The lowest BCUT2D eigenvalue weighted by atomic mass is 9.79. The molecule has 2 amide bonds. The molecule has 5 N–H and O–H groups in total. The summed E-state index contributed by atoms with van der Waals surface area (Å²) in [6.07, 6.45) is 0.159. The first kappa shape index (κ1) is 36.2. The summed E-state index contributed by atoms with van der Waals surface area (Å²) >= 11 is 0. The van der Waals surface area contributed by atoms with Gasteiger partial charge in [-0.1, -0.05) is 127 Å². The molecule has 0 fully saturated rings. The Labute approximate surface area is 315 Å². The number of sulfonamides is 1. The van der Waals surface area contributed by atoms with Gasteiger partial charge in [-0.15, -0.1) is 0 Å². The fourth-order valence-corrected chi connectivity index (χ4v) is 8.40. The van der Waals surface area contributed by atoms with Crippen LogP contribution in [0.1, 0.15) is 38.2 Å². The van der Waals surface area contributed by atoms with Crippen molar-refractivity contribution in [1.29, 1.82) is 5.41 Å². The van der Waals surface area contributed by atoms with E-state index in [2.05, 4.69) is 0 Å². The van der Waals surface area contributed by atoms with E-state index in [0.717, 1.165) is 11.1 Å². The highest BCUT2D eigenvalue weighted by atomic mass is 32.2. The van der Waals surface area contributed by atoms with Gasteiger partial charge in [-0.25, -0.2) is 22.8 Å². The smallest absolute Gasteiger partial charge is 0.349 e. The predicted octanol–water partition coefficient (Wildman–Crippen LogP) is 6.74. The number of benzene rings is 6. The molecule has 0 radical (unpaired) electrons. The van der Waals surface area contributed by atoms with Gasteiger partial charge in [0.15, 0.2) is 5.54 Å². The number of hydrogen-bond acceptors (Lipinski definition) is 5. The van der Waals surface area contributed by atoms with Crippen molar-refractivity contribution in [1.82, 2.24) is 9.38 Å². The Bertz CT molecular complexity index is 2490. The van der Waals surface area contributed by atoms with E-state index < -0.39 is 15.6 Å². The second-order valence-corrected chi connectivity index (χ2v) is 15.3. The van der Waals surface area contributed by atoms with Crippen LogP contribution < -0.4 is 15.4 Å². The van der Waals surface area contributed by atoms with Crippen LogP contribution in [0.5, 0.6) is 0 Å². The number of amides is 2. The molecule has 0 aliphatic carbocycles. The topological polar surface area (TPSA) is 147 Å². The van der Waals surface area contributed by atoms with Crippen LogP contribution in [-0.4, -0.2) is 38.0 Å². The van der Waals surface area contributed by atoms with E-state index in [1.807, 2.05) is 110 Å². The number of likely N-dealkylation sites (N-methyl/N-ethyl adjacent to an activating group) is 1. The van der Waals surface area contributed by atoms with Crippen LogP contribution in [0, 0.1) is 5.41 Å². The molecule has 270 valence electrons. The van der Waals surface area contributed by atoms with E-state index in [1.165, 1.54) is 6.07 Å². The lowest BCUT2D eigenvalue weighted by Gasteiger charge is -2.45. The Morgan fingerprint density at radius 1 is 0.759 bits per heavy atom. The summed E-state index contributed by atoms with van der Waals surface area (Å²) in [7, 11) is -2.19. The maximum Gasteiger partial charge on any atom is 0.349 e. The van der Waals surface area contributed by atoms with Crippen molar-refractivity contribution >= 4 is 33.4 Å². The Balaban J connectivity index is 1.46. The van der Waals surface area contributed by atoms with Gasteiger partial charge in [0.25, 0.3) is 5.91 Å². The summed E-state index contributed by atoms with van der Waals surface area (Å²) < 4.78 is 24.9. The molecule has 2 unspecified atom stereocenters. The SMILES string of the molecule is C[N+](Cc1ccccc1)(C(=O)C(Cc1ccccc1)(c1ccccc1)N1Cc2cc(-c3ccccc3S(N)(=O)=O)ccc2C1=O)c1cccc(C(=N)N)c1. The molecule has 6 aromatic carbocycles.